The zero-order chi connectivity index (χ0) is 15.9. The van der Waals surface area contributed by atoms with Crippen molar-refractivity contribution in [2.45, 2.75) is 77.9 Å². The van der Waals surface area contributed by atoms with E-state index in [1.165, 1.54) is 0 Å². The Morgan fingerprint density at radius 3 is 2.62 bits per heavy atom. The third-order valence-corrected chi connectivity index (χ3v) is 3.45. The first-order valence-electron chi connectivity index (χ1n) is 7.98. The van der Waals surface area contributed by atoms with Gasteiger partial charge in [-0.25, -0.2) is 4.79 Å². The van der Waals surface area contributed by atoms with Crippen molar-refractivity contribution >= 4 is 12.1 Å². The number of rotatable bonds is 6. The summed E-state index contributed by atoms with van der Waals surface area (Å²) in [5, 5.41) is 0. The molecule has 1 atom stereocenters. The number of carbonyl (C=O) groups is 2. The molecule has 1 saturated heterocycles. The smallest absolute Gasteiger partial charge is 0.410 e. The fraction of sp³-hybridized carbons (Fsp3) is 0.875. The predicted molar refractivity (Wildman–Crippen MR) is 81.1 cm³/mol. The van der Waals surface area contributed by atoms with Gasteiger partial charge in [-0.15, -0.1) is 0 Å². The van der Waals surface area contributed by atoms with E-state index in [9.17, 15) is 9.59 Å². The topological polar surface area (TPSA) is 55.8 Å². The zero-order valence-corrected chi connectivity index (χ0v) is 13.8. The molecule has 5 heteroatoms. The number of ether oxygens (including phenoxy) is 2. The van der Waals surface area contributed by atoms with Crippen LogP contribution in [-0.4, -0.2) is 41.8 Å². The Bertz CT molecular complexity index is 349. The van der Waals surface area contributed by atoms with Crippen LogP contribution in [0.15, 0.2) is 0 Å². The van der Waals surface area contributed by atoms with Crippen molar-refractivity contribution < 1.29 is 19.1 Å². The van der Waals surface area contributed by atoms with Crippen LogP contribution < -0.4 is 0 Å². The van der Waals surface area contributed by atoms with Crippen molar-refractivity contribution in [2.24, 2.45) is 0 Å². The molecule has 122 valence electrons. The van der Waals surface area contributed by atoms with Gasteiger partial charge < -0.3 is 14.4 Å². The Hall–Kier alpha value is -1.26. The fourth-order valence-corrected chi connectivity index (χ4v) is 2.38. The Balaban J connectivity index is 2.36. The minimum Gasteiger partial charge on any atom is -0.466 e. The molecule has 1 heterocycles. The number of hydrogen-bond acceptors (Lipinski definition) is 4. The van der Waals surface area contributed by atoms with Crippen molar-refractivity contribution in [3.63, 3.8) is 0 Å². The van der Waals surface area contributed by atoms with Gasteiger partial charge in [0.15, 0.2) is 0 Å². The fourth-order valence-electron chi connectivity index (χ4n) is 2.38. The van der Waals surface area contributed by atoms with E-state index in [-0.39, 0.29) is 18.1 Å². The Labute approximate surface area is 128 Å². The second-order valence-corrected chi connectivity index (χ2v) is 6.58. The van der Waals surface area contributed by atoms with Crippen molar-refractivity contribution in [1.29, 1.82) is 0 Å². The number of likely N-dealkylation sites (tertiary alicyclic amines) is 1. The van der Waals surface area contributed by atoms with E-state index in [0.717, 1.165) is 25.7 Å². The summed E-state index contributed by atoms with van der Waals surface area (Å²) in [5.41, 5.74) is -0.483. The average Bonchev–Trinajstić information content (AvgIpc) is 2.83. The molecule has 0 N–H and O–H groups in total. The van der Waals surface area contributed by atoms with Gasteiger partial charge in [-0.2, -0.15) is 0 Å². The minimum absolute atomic E-state index is 0.0959. The molecule has 0 aliphatic carbocycles. The molecule has 1 fully saturated rings. The lowest BCUT2D eigenvalue weighted by Crippen LogP contribution is -2.40. The molecule has 21 heavy (non-hydrogen) atoms. The number of unbranched alkanes of at least 4 members (excludes halogenated alkanes) is 1. The molecule has 5 nitrogen and oxygen atoms in total. The summed E-state index contributed by atoms with van der Waals surface area (Å²) in [7, 11) is 0. The summed E-state index contributed by atoms with van der Waals surface area (Å²) in [6, 6.07) is 0.0959. The summed E-state index contributed by atoms with van der Waals surface area (Å²) in [4.78, 5) is 25.5. The first-order valence-corrected chi connectivity index (χ1v) is 7.98. The molecule has 0 aromatic carbocycles. The van der Waals surface area contributed by atoms with Crippen molar-refractivity contribution in [2.75, 3.05) is 13.2 Å². The molecule has 0 spiro atoms. The van der Waals surface area contributed by atoms with Gasteiger partial charge in [0.2, 0.25) is 0 Å². The number of carbonyl (C=O) groups excluding carboxylic acids is 2. The van der Waals surface area contributed by atoms with Crippen molar-refractivity contribution in [3.8, 4) is 0 Å². The van der Waals surface area contributed by atoms with Crippen LogP contribution in [0, 0.1) is 0 Å². The molecule has 1 aliphatic heterocycles. The number of amides is 1. The van der Waals surface area contributed by atoms with Crippen LogP contribution in [0.1, 0.15) is 66.2 Å². The average molecular weight is 299 g/mol. The van der Waals surface area contributed by atoms with Crippen LogP contribution in [0.2, 0.25) is 0 Å². The number of nitrogens with zero attached hydrogens (tertiary/aromatic N) is 1. The maximum absolute atomic E-state index is 12.1. The first kappa shape index (κ1) is 17.8. The van der Waals surface area contributed by atoms with Crippen LogP contribution >= 0.6 is 0 Å². The van der Waals surface area contributed by atoms with Gasteiger partial charge in [-0.1, -0.05) is 13.3 Å². The van der Waals surface area contributed by atoms with Crippen LogP contribution in [0.25, 0.3) is 0 Å². The Morgan fingerprint density at radius 1 is 1.29 bits per heavy atom. The van der Waals surface area contributed by atoms with Crippen molar-refractivity contribution in [1.82, 2.24) is 4.90 Å². The van der Waals surface area contributed by atoms with E-state index in [0.29, 0.717) is 26.0 Å². The molecule has 0 saturated carbocycles. The van der Waals surface area contributed by atoms with E-state index in [1.807, 2.05) is 20.8 Å². The number of hydrogen-bond donors (Lipinski definition) is 0. The molecule has 0 bridgehead atoms. The molecular formula is C16H29NO4. The van der Waals surface area contributed by atoms with Gasteiger partial charge in [0, 0.05) is 19.0 Å². The monoisotopic (exact) mass is 299 g/mol. The molecule has 1 amide bonds. The lowest BCUT2D eigenvalue weighted by Gasteiger charge is -2.28. The highest BCUT2D eigenvalue weighted by atomic mass is 16.6. The standard InChI is InChI=1S/C16H29NO4/c1-5-6-12-20-14(18)10-9-13-8-7-11-17(13)15(19)21-16(2,3)4/h13H,5-12H2,1-4H3. The van der Waals surface area contributed by atoms with E-state index >= 15 is 0 Å². The van der Waals surface area contributed by atoms with Crippen LogP contribution in [0.3, 0.4) is 0 Å². The lowest BCUT2D eigenvalue weighted by atomic mass is 10.1. The van der Waals surface area contributed by atoms with E-state index in [2.05, 4.69) is 6.92 Å². The summed E-state index contributed by atoms with van der Waals surface area (Å²) in [6.45, 7) is 8.86. The molecule has 0 aromatic heterocycles. The summed E-state index contributed by atoms with van der Waals surface area (Å²) >= 11 is 0. The third kappa shape index (κ3) is 6.82. The van der Waals surface area contributed by atoms with E-state index in [4.69, 9.17) is 9.47 Å². The second kappa shape index (κ2) is 8.25. The van der Waals surface area contributed by atoms with Gasteiger partial charge in [-0.05, 0) is 46.5 Å². The van der Waals surface area contributed by atoms with Crippen molar-refractivity contribution in [3.05, 3.63) is 0 Å². The van der Waals surface area contributed by atoms with E-state index < -0.39 is 5.60 Å². The quantitative estimate of drug-likeness (QED) is 0.556. The summed E-state index contributed by atoms with van der Waals surface area (Å²) < 4.78 is 10.6. The first-order chi connectivity index (χ1) is 9.83. The second-order valence-electron chi connectivity index (χ2n) is 6.58. The number of esters is 1. The highest BCUT2D eigenvalue weighted by Crippen LogP contribution is 2.24. The van der Waals surface area contributed by atoms with Gasteiger partial charge in [-0.3, -0.25) is 4.79 Å². The Kier molecular flexibility index (Phi) is 6.99. The van der Waals surface area contributed by atoms with Crippen LogP contribution in [-0.2, 0) is 14.3 Å². The van der Waals surface area contributed by atoms with Gasteiger partial charge in [0.25, 0.3) is 0 Å². The molecule has 0 radical (unpaired) electrons. The normalized spacial score (nSPS) is 18.7. The van der Waals surface area contributed by atoms with Crippen LogP contribution in [0.4, 0.5) is 4.79 Å². The maximum Gasteiger partial charge on any atom is 0.410 e. The molecule has 1 unspecified atom stereocenters. The van der Waals surface area contributed by atoms with E-state index in [1.54, 1.807) is 4.90 Å². The third-order valence-electron chi connectivity index (χ3n) is 3.45. The highest BCUT2D eigenvalue weighted by Gasteiger charge is 2.32. The molecular weight excluding hydrogens is 270 g/mol. The molecule has 1 rings (SSSR count). The van der Waals surface area contributed by atoms with Gasteiger partial charge in [0.05, 0.1) is 6.61 Å². The largest absolute Gasteiger partial charge is 0.466 e. The highest BCUT2D eigenvalue weighted by molar-refractivity contribution is 5.70. The predicted octanol–water partition coefficient (Wildman–Crippen LogP) is 3.51. The molecule has 0 aromatic rings. The SMILES string of the molecule is CCCCOC(=O)CCC1CCCN1C(=O)OC(C)(C)C. The summed E-state index contributed by atoms with van der Waals surface area (Å²) in [6.07, 6.45) is 4.57. The van der Waals surface area contributed by atoms with Crippen LogP contribution in [0.5, 0.6) is 0 Å². The summed E-state index contributed by atoms with van der Waals surface area (Å²) in [5.74, 6) is -0.167. The van der Waals surface area contributed by atoms with Gasteiger partial charge in [0.1, 0.15) is 5.60 Å². The zero-order valence-electron chi connectivity index (χ0n) is 13.8. The molecule has 1 aliphatic rings. The van der Waals surface area contributed by atoms with Gasteiger partial charge >= 0.3 is 12.1 Å². The Morgan fingerprint density at radius 2 is 2.00 bits per heavy atom. The minimum atomic E-state index is -0.483. The maximum atomic E-state index is 12.1. The lowest BCUT2D eigenvalue weighted by molar-refractivity contribution is -0.144.